The SMILES string of the molecule is C[C@@H]1CCC/C(=N/Nc2nc(-c3ccccc3)cs2)C1. The van der Waals surface area contributed by atoms with Crippen LogP contribution in [0.1, 0.15) is 32.6 Å². The van der Waals surface area contributed by atoms with Gasteiger partial charge < -0.3 is 0 Å². The average molecular weight is 285 g/mol. The minimum atomic E-state index is 0.764. The fourth-order valence-corrected chi connectivity index (χ4v) is 3.22. The van der Waals surface area contributed by atoms with Gasteiger partial charge in [-0.1, -0.05) is 37.3 Å². The number of nitrogens with one attached hydrogen (secondary N) is 1. The van der Waals surface area contributed by atoms with E-state index in [1.165, 1.54) is 18.6 Å². The fraction of sp³-hybridized carbons (Fsp3) is 0.375. The van der Waals surface area contributed by atoms with Crippen LogP contribution in [0.4, 0.5) is 5.13 Å². The Bertz CT molecular complexity index is 589. The zero-order chi connectivity index (χ0) is 13.8. The molecule has 0 spiro atoms. The minimum Gasteiger partial charge on any atom is -0.253 e. The van der Waals surface area contributed by atoms with Gasteiger partial charge in [-0.25, -0.2) is 4.98 Å². The number of hydrogen-bond donors (Lipinski definition) is 1. The van der Waals surface area contributed by atoms with Gasteiger partial charge in [0, 0.05) is 16.7 Å². The van der Waals surface area contributed by atoms with Crippen LogP contribution in [0.25, 0.3) is 11.3 Å². The maximum atomic E-state index is 4.58. The molecule has 2 aromatic rings. The monoisotopic (exact) mass is 285 g/mol. The Balaban J connectivity index is 1.67. The summed E-state index contributed by atoms with van der Waals surface area (Å²) >= 11 is 1.60. The van der Waals surface area contributed by atoms with Crippen molar-refractivity contribution < 1.29 is 0 Å². The summed E-state index contributed by atoms with van der Waals surface area (Å²) in [6, 6.07) is 10.2. The topological polar surface area (TPSA) is 37.3 Å². The predicted molar refractivity (Wildman–Crippen MR) is 86.2 cm³/mol. The third-order valence-corrected chi connectivity index (χ3v) is 4.38. The van der Waals surface area contributed by atoms with Crippen LogP contribution in [0.2, 0.25) is 0 Å². The Hall–Kier alpha value is -1.68. The quantitative estimate of drug-likeness (QED) is 0.823. The Labute approximate surface area is 123 Å². The first-order valence-electron chi connectivity index (χ1n) is 7.13. The van der Waals surface area contributed by atoms with Crippen LogP contribution in [0, 0.1) is 5.92 Å². The zero-order valence-corrected chi connectivity index (χ0v) is 12.5. The van der Waals surface area contributed by atoms with E-state index in [-0.39, 0.29) is 0 Å². The van der Waals surface area contributed by atoms with Crippen molar-refractivity contribution in [2.75, 3.05) is 5.43 Å². The molecule has 1 aliphatic carbocycles. The van der Waals surface area contributed by atoms with Gasteiger partial charge in [0.1, 0.15) is 0 Å². The van der Waals surface area contributed by atoms with Crippen LogP contribution in [-0.2, 0) is 0 Å². The molecule has 0 radical (unpaired) electrons. The molecule has 0 amide bonds. The first-order chi connectivity index (χ1) is 9.81. The molecular formula is C16H19N3S. The van der Waals surface area contributed by atoms with Crippen LogP contribution >= 0.6 is 11.3 Å². The molecule has 0 aliphatic heterocycles. The molecule has 1 heterocycles. The molecule has 3 rings (SSSR count). The number of nitrogens with zero attached hydrogens (tertiary/aromatic N) is 2. The molecule has 1 N–H and O–H groups in total. The van der Waals surface area contributed by atoms with Gasteiger partial charge in [-0.3, -0.25) is 5.43 Å². The van der Waals surface area contributed by atoms with E-state index in [0.29, 0.717) is 0 Å². The third kappa shape index (κ3) is 3.25. The maximum Gasteiger partial charge on any atom is 0.203 e. The second-order valence-electron chi connectivity index (χ2n) is 5.40. The lowest BCUT2D eigenvalue weighted by Crippen LogP contribution is -2.13. The lowest BCUT2D eigenvalue weighted by atomic mass is 9.89. The van der Waals surface area contributed by atoms with Gasteiger partial charge in [-0.2, -0.15) is 5.10 Å². The van der Waals surface area contributed by atoms with Gasteiger partial charge in [-0.15, -0.1) is 11.3 Å². The molecule has 1 aliphatic rings. The number of aromatic nitrogens is 1. The summed E-state index contributed by atoms with van der Waals surface area (Å²) in [5, 5.41) is 7.47. The van der Waals surface area contributed by atoms with Crippen molar-refractivity contribution in [3.05, 3.63) is 35.7 Å². The number of hydrazone groups is 1. The normalized spacial score (nSPS) is 21.1. The predicted octanol–water partition coefficient (Wildman–Crippen LogP) is 4.79. The molecule has 1 fully saturated rings. The van der Waals surface area contributed by atoms with E-state index in [4.69, 9.17) is 0 Å². The van der Waals surface area contributed by atoms with Crippen LogP contribution in [0.5, 0.6) is 0 Å². The summed E-state index contributed by atoms with van der Waals surface area (Å²) in [5.41, 5.74) is 6.56. The standard InChI is InChI=1S/C16H19N3S/c1-12-6-5-9-14(10-12)18-19-16-17-15(11-20-16)13-7-3-2-4-8-13/h2-4,7-8,11-12H,5-6,9-10H2,1H3,(H,17,19)/b18-14-/t12-/m1/s1. The highest BCUT2D eigenvalue weighted by Gasteiger charge is 2.14. The molecule has 1 atom stereocenters. The van der Waals surface area contributed by atoms with E-state index in [9.17, 15) is 0 Å². The Morgan fingerprint density at radius 2 is 2.15 bits per heavy atom. The molecule has 1 aromatic heterocycles. The molecule has 4 heteroatoms. The second kappa shape index (κ2) is 6.18. The van der Waals surface area contributed by atoms with Crippen molar-refractivity contribution in [1.82, 2.24) is 4.98 Å². The largest absolute Gasteiger partial charge is 0.253 e. The summed E-state index contributed by atoms with van der Waals surface area (Å²) in [6.45, 7) is 2.30. The number of rotatable bonds is 3. The summed E-state index contributed by atoms with van der Waals surface area (Å²) < 4.78 is 0. The molecule has 20 heavy (non-hydrogen) atoms. The lowest BCUT2D eigenvalue weighted by molar-refractivity contribution is 0.500. The highest BCUT2D eigenvalue weighted by molar-refractivity contribution is 7.14. The van der Waals surface area contributed by atoms with E-state index in [2.05, 4.69) is 39.9 Å². The molecule has 0 unspecified atom stereocenters. The van der Waals surface area contributed by atoms with E-state index in [1.807, 2.05) is 18.2 Å². The van der Waals surface area contributed by atoms with E-state index < -0.39 is 0 Å². The number of hydrogen-bond acceptors (Lipinski definition) is 4. The summed E-state index contributed by atoms with van der Waals surface area (Å²) in [7, 11) is 0. The highest BCUT2D eigenvalue weighted by Crippen LogP contribution is 2.25. The van der Waals surface area contributed by atoms with Crippen molar-refractivity contribution in [1.29, 1.82) is 0 Å². The fourth-order valence-electron chi connectivity index (χ4n) is 2.56. The summed E-state index contributed by atoms with van der Waals surface area (Å²) in [4.78, 5) is 4.58. The second-order valence-corrected chi connectivity index (χ2v) is 6.25. The van der Waals surface area contributed by atoms with Gasteiger partial charge in [0.05, 0.1) is 5.69 Å². The van der Waals surface area contributed by atoms with Crippen molar-refractivity contribution in [2.24, 2.45) is 11.0 Å². The summed E-state index contributed by atoms with van der Waals surface area (Å²) in [5.74, 6) is 0.764. The Kier molecular flexibility index (Phi) is 4.11. The van der Waals surface area contributed by atoms with Crippen LogP contribution in [0.3, 0.4) is 0 Å². The number of anilines is 1. The number of thiazole rings is 1. The molecular weight excluding hydrogens is 266 g/mol. The third-order valence-electron chi connectivity index (χ3n) is 3.63. The van der Waals surface area contributed by atoms with Crippen LogP contribution in [0.15, 0.2) is 40.8 Å². The van der Waals surface area contributed by atoms with Crippen molar-refractivity contribution in [2.45, 2.75) is 32.6 Å². The van der Waals surface area contributed by atoms with Gasteiger partial charge in [0.15, 0.2) is 0 Å². The van der Waals surface area contributed by atoms with Crippen molar-refractivity contribution in [3.63, 3.8) is 0 Å². The molecule has 1 saturated carbocycles. The van der Waals surface area contributed by atoms with Gasteiger partial charge in [0.2, 0.25) is 5.13 Å². The minimum absolute atomic E-state index is 0.764. The van der Waals surface area contributed by atoms with E-state index >= 15 is 0 Å². The van der Waals surface area contributed by atoms with Gasteiger partial charge in [-0.05, 0) is 31.6 Å². The van der Waals surface area contributed by atoms with E-state index in [0.717, 1.165) is 35.1 Å². The average Bonchev–Trinajstić information content (AvgIpc) is 2.95. The smallest absolute Gasteiger partial charge is 0.203 e. The van der Waals surface area contributed by atoms with Crippen LogP contribution in [-0.4, -0.2) is 10.7 Å². The lowest BCUT2D eigenvalue weighted by Gasteiger charge is -2.18. The van der Waals surface area contributed by atoms with Crippen LogP contribution < -0.4 is 5.43 Å². The Morgan fingerprint density at radius 3 is 2.95 bits per heavy atom. The van der Waals surface area contributed by atoms with E-state index in [1.54, 1.807) is 11.3 Å². The van der Waals surface area contributed by atoms with Gasteiger partial charge in [0.25, 0.3) is 0 Å². The molecule has 1 aromatic carbocycles. The maximum absolute atomic E-state index is 4.58. The van der Waals surface area contributed by atoms with Gasteiger partial charge >= 0.3 is 0 Å². The Morgan fingerprint density at radius 1 is 1.30 bits per heavy atom. The molecule has 104 valence electrons. The summed E-state index contributed by atoms with van der Waals surface area (Å²) in [6.07, 6.45) is 4.82. The first kappa shape index (κ1) is 13.3. The highest BCUT2D eigenvalue weighted by atomic mass is 32.1. The first-order valence-corrected chi connectivity index (χ1v) is 8.01. The van der Waals surface area contributed by atoms with Crippen molar-refractivity contribution >= 4 is 22.2 Å². The number of benzene rings is 1. The molecule has 0 bridgehead atoms. The molecule has 0 saturated heterocycles. The zero-order valence-electron chi connectivity index (χ0n) is 11.7. The van der Waals surface area contributed by atoms with Crippen molar-refractivity contribution in [3.8, 4) is 11.3 Å². The molecule has 3 nitrogen and oxygen atoms in total.